The minimum Gasteiger partial charge on any atom is -0.481 e. The van der Waals surface area contributed by atoms with Gasteiger partial charge in [-0.15, -0.1) is 0 Å². The highest BCUT2D eigenvalue weighted by Gasteiger charge is 2.19. The van der Waals surface area contributed by atoms with Crippen molar-refractivity contribution in [2.24, 2.45) is 0 Å². The summed E-state index contributed by atoms with van der Waals surface area (Å²) in [4.78, 5) is 14.5. The van der Waals surface area contributed by atoms with Crippen molar-refractivity contribution in [2.75, 3.05) is 18.3 Å². The lowest BCUT2D eigenvalue weighted by molar-refractivity contribution is -0.137. The molecule has 0 atom stereocenters. The molecule has 2 N–H and O–H groups in total. The first-order chi connectivity index (χ1) is 9.90. The number of anilines is 1. The van der Waals surface area contributed by atoms with Crippen LogP contribution in [0.4, 0.5) is 5.69 Å². The maximum absolute atomic E-state index is 12.2. The van der Waals surface area contributed by atoms with Gasteiger partial charge in [0.05, 0.1) is 12.1 Å². The molecule has 7 nitrogen and oxygen atoms in total. The molecule has 21 heavy (non-hydrogen) atoms. The van der Waals surface area contributed by atoms with Crippen molar-refractivity contribution >= 4 is 32.6 Å². The fraction of sp³-hybridized carbons (Fsp3) is 0.231. The van der Waals surface area contributed by atoms with Gasteiger partial charge >= 0.3 is 16.2 Å². The molecular weight excluding hydrogens is 294 g/mol. The summed E-state index contributed by atoms with van der Waals surface area (Å²) in [7, 11) is -2.47. The third-order valence-electron chi connectivity index (χ3n) is 2.97. The molecule has 0 aliphatic rings. The molecule has 0 bridgehead atoms. The van der Waals surface area contributed by atoms with E-state index in [9.17, 15) is 13.2 Å². The molecule has 0 saturated heterocycles. The van der Waals surface area contributed by atoms with Gasteiger partial charge in [-0.2, -0.15) is 12.7 Å². The minimum atomic E-state index is -3.80. The number of aliphatic carboxylic acids is 1. The van der Waals surface area contributed by atoms with Gasteiger partial charge in [-0.25, -0.2) is 0 Å². The number of hydrogen-bond acceptors (Lipinski definition) is 4. The summed E-state index contributed by atoms with van der Waals surface area (Å²) in [5.74, 6) is -1.05. The molecule has 0 aliphatic heterocycles. The highest BCUT2D eigenvalue weighted by molar-refractivity contribution is 7.90. The van der Waals surface area contributed by atoms with E-state index < -0.39 is 16.2 Å². The summed E-state index contributed by atoms with van der Waals surface area (Å²) >= 11 is 0. The fourth-order valence-electron chi connectivity index (χ4n) is 1.80. The van der Waals surface area contributed by atoms with Gasteiger partial charge in [-0.1, -0.05) is 12.1 Å². The van der Waals surface area contributed by atoms with Crippen molar-refractivity contribution in [3.05, 3.63) is 36.7 Å². The predicted octanol–water partition coefficient (Wildman–Crippen LogP) is 1.30. The molecule has 0 amide bonds. The first-order valence-corrected chi connectivity index (χ1v) is 7.63. The Kier molecular flexibility index (Phi) is 4.39. The Labute approximate surface area is 122 Å². The van der Waals surface area contributed by atoms with Gasteiger partial charge in [0, 0.05) is 36.8 Å². The lowest BCUT2D eigenvalue weighted by Crippen LogP contribution is -2.34. The van der Waals surface area contributed by atoms with E-state index in [2.05, 4.69) is 9.71 Å². The quantitative estimate of drug-likeness (QED) is 0.838. The Morgan fingerprint density at radius 1 is 1.38 bits per heavy atom. The second kappa shape index (κ2) is 6.06. The van der Waals surface area contributed by atoms with E-state index >= 15 is 0 Å². The van der Waals surface area contributed by atoms with Crippen molar-refractivity contribution < 1.29 is 18.3 Å². The van der Waals surface area contributed by atoms with Gasteiger partial charge in [0.25, 0.3) is 0 Å². The molecule has 2 rings (SSSR count). The smallest absolute Gasteiger partial charge is 0.304 e. The molecule has 8 heteroatoms. The number of hydrogen-bond donors (Lipinski definition) is 2. The van der Waals surface area contributed by atoms with Crippen LogP contribution in [0.1, 0.15) is 6.42 Å². The van der Waals surface area contributed by atoms with Crippen molar-refractivity contribution in [1.82, 2.24) is 9.29 Å². The Morgan fingerprint density at radius 2 is 2.14 bits per heavy atom. The van der Waals surface area contributed by atoms with Crippen LogP contribution in [0.25, 0.3) is 10.8 Å². The van der Waals surface area contributed by atoms with E-state index in [1.165, 1.54) is 7.05 Å². The van der Waals surface area contributed by atoms with Crippen LogP contribution in [0.3, 0.4) is 0 Å². The summed E-state index contributed by atoms with van der Waals surface area (Å²) < 4.78 is 27.8. The normalized spacial score (nSPS) is 11.7. The van der Waals surface area contributed by atoms with Crippen molar-refractivity contribution in [3.63, 3.8) is 0 Å². The van der Waals surface area contributed by atoms with Crippen LogP contribution < -0.4 is 4.72 Å². The lowest BCUT2D eigenvalue weighted by Gasteiger charge is -2.18. The number of benzene rings is 1. The maximum atomic E-state index is 12.2. The van der Waals surface area contributed by atoms with Gasteiger partial charge in [0.15, 0.2) is 0 Å². The molecule has 2 aromatic rings. The number of carboxylic acid groups (broad SMARTS) is 1. The zero-order chi connectivity index (χ0) is 15.5. The van der Waals surface area contributed by atoms with Gasteiger partial charge in [-0.3, -0.25) is 14.5 Å². The number of rotatable bonds is 6. The van der Waals surface area contributed by atoms with E-state index in [0.717, 1.165) is 15.1 Å². The Balaban J connectivity index is 2.24. The molecule has 0 unspecified atom stereocenters. The van der Waals surface area contributed by atoms with Crippen molar-refractivity contribution in [1.29, 1.82) is 0 Å². The monoisotopic (exact) mass is 309 g/mol. The zero-order valence-corrected chi connectivity index (χ0v) is 12.2. The Bertz CT molecular complexity index is 756. The number of nitrogens with one attached hydrogen (secondary N) is 1. The molecule has 1 aromatic carbocycles. The summed E-state index contributed by atoms with van der Waals surface area (Å²) in [6, 6.07) is 6.91. The predicted molar refractivity (Wildman–Crippen MR) is 79.2 cm³/mol. The van der Waals surface area contributed by atoms with Crippen molar-refractivity contribution in [3.8, 4) is 0 Å². The zero-order valence-electron chi connectivity index (χ0n) is 11.4. The summed E-state index contributed by atoms with van der Waals surface area (Å²) in [5, 5.41) is 10.1. The summed E-state index contributed by atoms with van der Waals surface area (Å²) in [6.45, 7) is -0.100. The first-order valence-electron chi connectivity index (χ1n) is 6.19. The topological polar surface area (TPSA) is 99.6 Å². The van der Waals surface area contributed by atoms with Gasteiger partial charge in [0.1, 0.15) is 0 Å². The SMILES string of the molecule is CN(CCC(=O)O)S(=O)(=O)Nc1cccc2cnccc12. The summed E-state index contributed by atoms with van der Waals surface area (Å²) in [6.07, 6.45) is 2.96. The van der Waals surface area contributed by atoms with Gasteiger partial charge in [-0.05, 0) is 12.1 Å². The summed E-state index contributed by atoms with van der Waals surface area (Å²) in [5.41, 5.74) is 0.428. The highest BCUT2D eigenvalue weighted by Crippen LogP contribution is 2.23. The Morgan fingerprint density at radius 3 is 2.86 bits per heavy atom. The van der Waals surface area contributed by atoms with Gasteiger partial charge < -0.3 is 5.11 Å². The van der Waals surface area contributed by atoms with E-state index in [0.29, 0.717) is 5.69 Å². The molecule has 1 heterocycles. The molecule has 0 fully saturated rings. The van der Waals surface area contributed by atoms with E-state index in [1.54, 1.807) is 30.6 Å². The molecule has 112 valence electrons. The maximum Gasteiger partial charge on any atom is 0.304 e. The van der Waals surface area contributed by atoms with E-state index in [4.69, 9.17) is 5.11 Å². The van der Waals surface area contributed by atoms with Crippen LogP contribution in [0.2, 0.25) is 0 Å². The number of nitrogens with zero attached hydrogens (tertiary/aromatic N) is 2. The largest absolute Gasteiger partial charge is 0.481 e. The number of carbonyl (C=O) groups is 1. The Hall–Kier alpha value is -2.19. The van der Waals surface area contributed by atoms with Crippen LogP contribution in [0, 0.1) is 0 Å². The molecule has 0 radical (unpaired) electrons. The standard InChI is InChI=1S/C13H15N3O4S/c1-16(8-6-13(17)18)21(19,20)15-12-4-2-3-10-9-14-7-5-11(10)12/h2-5,7,9,15H,6,8H2,1H3,(H,17,18). The number of carboxylic acids is 1. The van der Waals surface area contributed by atoms with Gasteiger partial charge in [0.2, 0.25) is 0 Å². The second-order valence-electron chi connectivity index (χ2n) is 4.47. The van der Waals surface area contributed by atoms with Crippen LogP contribution in [-0.2, 0) is 15.0 Å². The number of fused-ring (bicyclic) bond motifs is 1. The van der Waals surface area contributed by atoms with Crippen LogP contribution in [-0.4, -0.2) is 42.4 Å². The third kappa shape index (κ3) is 3.67. The first kappa shape index (κ1) is 15.2. The number of aromatic nitrogens is 1. The van der Waals surface area contributed by atoms with Crippen LogP contribution in [0.15, 0.2) is 36.7 Å². The van der Waals surface area contributed by atoms with Crippen molar-refractivity contribution in [2.45, 2.75) is 6.42 Å². The lowest BCUT2D eigenvalue weighted by atomic mass is 10.1. The molecule has 0 saturated carbocycles. The molecule has 0 aliphatic carbocycles. The number of pyridine rings is 1. The average molecular weight is 309 g/mol. The molecule has 1 aromatic heterocycles. The molecular formula is C13H15N3O4S. The molecule has 0 spiro atoms. The van der Waals surface area contributed by atoms with Crippen LogP contribution in [0.5, 0.6) is 0 Å². The van der Waals surface area contributed by atoms with E-state index in [1.807, 2.05) is 6.07 Å². The fourth-order valence-corrected chi connectivity index (χ4v) is 2.75. The van der Waals surface area contributed by atoms with Crippen LogP contribution >= 0.6 is 0 Å². The van der Waals surface area contributed by atoms with E-state index in [-0.39, 0.29) is 13.0 Å². The highest BCUT2D eigenvalue weighted by atomic mass is 32.2. The minimum absolute atomic E-state index is 0.100. The average Bonchev–Trinajstić information content (AvgIpc) is 2.44. The second-order valence-corrected chi connectivity index (χ2v) is 6.25. The third-order valence-corrected chi connectivity index (χ3v) is 4.45.